The molecule has 0 aromatic carbocycles. The minimum absolute atomic E-state index is 0.00559. The van der Waals surface area contributed by atoms with Crippen LogP contribution < -0.4 is 16.0 Å². The molecule has 4 N–H and O–H groups in total. The summed E-state index contributed by atoms with van der Waals surface area (Å²) in [6.07, 6.45) is 6.62. The Morgan fingerprint density at radius 2 is 2.08 bits per heavy atom. The minimum atomic E-state index is -0.686. The van der Waals surface area contributed by atoms with Gasteiger partial charge in [-0.1, -0.05) is 0 Å². The van der Waals surface area contributed by atoms with Gasteiger partial charge in [0.2, 0.25) is 5.91 Å². The Morgan fingerprint density at radius 3 is 2.65 bits per heavy atom. The second-order valence-corrected chi connectivity index (χ2v) is 7.42. The molecule has 1 aliphatic rings. The van der Waals surface area contributed by atoms with E-state index in [1.807, 2.05) is 34.6 Å². The van der Waals surface area contributed by atoms with Gasteiger partial charge < -0.3 is 20.7 Å². The van der Waals surface area contributed by atoms with Gasteiger partial charge in [-0.3, -0.25) is 14.7 Å². The average molecular weight is 361 g/mol. The Balaban J connectivity index is 2.13. The minimum Gasteiger partial charge on any atom is -0.488 e. The number of hydrogen-bond donors (Lipinski definition) is 4. The summed E-state index contributed by atoms with van der Waals surface area (Å²) >= 11 is 0. The van der Waals surface area contributed by atoms with E-state index in [-0.39, 0.29) is 23.6 Å². The van der Waals surface area contributed by atoms with E-state index in [1.165, 1.54) is 0 Å². The largest absolute Gasteiger partial charge is 0.488 e. The van der Waals surface area contributed by atoms with Crippen molar-refractivity contribution in [1.82, 2.24) is 26.1 Å². The fourth-order valence-electron chi connectivity index (χ4n) is 2.32. The van der Waals surface area contributed by atoms with Gasteiger partial charge in [-0.15, -0.1) is 0 Å². The van der Waals surface area contributed by atoms with Crippen LogP contribution in [0, 0.1) is 0 Å². The smallest absolute Gasteiger partial charge is 0.267 e. The van der Waals surface area contributed by atoms with Crippen LogP contribution in [0.2, 0.25) is 0 Å². The molecule has 8 nitrogen and oxygen atoms in total. The molecule has 0 radical (unpaired) electrons. The summed E-state index contributed by atoms with van der Waals surface area (Å²) in [5, 5.41) is 15.1. The van der Waals surface area contributed by atoms with Crippen LogP contribution in [0.3, 0.4) is 0 Å². The summed E-state index contributed by atoms with van der Waals surface area (Å²) in [5.74, 6) is -0.0616. The zero-order chi connectivity index (χ0) is 19.3. The van der Waals surface area contributed by atoms with Crippen molar-refractivity contribution in [3.05, 3.63) is 41.6 Å². The third-order valence-corrected chi connectivity index (χ3v) is 3.32. The zero-order valence-corrected chi connectivity index (χ0v) is 15.8. The van der Waals surface area contributed by atoms with Gasteiger partial charge in [-0.05, 0) is 40.7 Å². The summed E-state index contributed by atoms with van der Waals surface area (Å²) in [6.45, 7) is 9.82. The number of hydrogen-bond acceptors (Lipinski definition) is 5. The second kappa shape index (κ2) is 8.07. The maximum absolute atomic E-state index is 12.5. The molecule has 0 saturated carbocycles. The van der Waals surface area contributed by atoms with Crippen LogP contribution in [0.4, 0.5) is 0 Å². The first kappa shape index (κ1) is 19.6. The summed E-state index contributed by atoms with van der Waals surface area (Å²) < 4.78 is 5.86. The molecule has 2 amide bonds. The Kier molecular flexibility index (Phi) is 6.07. The number of carbonyl (C=O) groups excluding carboxylic acids is 2. The quantitative estimate of drug-likeness (QED) is 0.607. The molecule has 0 saturated heterocycles. The molecule has 0 spiro atoms. The van der Waals surface area contributed by atoms with Gasteiger partial charge >= 0.3 is 0 Å². The first-order chi connectivity index (χ1) is 12.1. The molecule has 1 atom stereocenters. The number of carbonyl (C=O) groups is 2. The number of rotatable bonds is 6. The van der Waals surface area contributed by atoms with Crippen molar-refractivity contribution < 1.29 is 14.3 Å². The predicted molar refractivity (Wildman–Crippen MR) is 97.6 cm³/mol. The molecule has 2 rings (SSSR count). The van der Waals surface area contributed by atoms with Gasteiger partial charge in [-0.2, -0.15) is 5.10 Å². The predicted octanol–water partition coefficient (Wildman–Crippen LogP) is 1.11. The number of aromatic amines is 1. The normalized spacial score (nSPS) is 17.1. The average Bonchev–Trinajstić information content (AvgIpc) is 3.03. The molecule has 1 aromatic heterocycles. The Hall–Kier alpha value is -2.77. The van der Waals surface area contributed by atoms with Crippen LogP contribution in [-0.4, -0.2) is 39.7 Å². The van der Waals surface area contributed by atoms with E-state index >= 15 is 0 Å². The lowest BCUT2D eigenvalue weighted by molar-refractivity contribution is -0.122. The standard InChI is InChI=1S/C18H27N5O3/c1-11(2)22-17(25)15-7-13(26-18(3,4)5)6-14(23-15)16(24)19-8-12-9-20-21-10-12/h6-7,9-11,15,23H,8H2,1-5H3,(H,19,24)(H,20,21)(H,22,25). The van der Waals surface area contributed by atoms with Crippen molar-refractivity contribution in [2.45, 2.75) is 58.8 Å². The highest BCUT2D eigenvalue weighted by molar-refractivity contribution is 5.95. The van der Waals surface area contributed by atoms with Gasteiger partial charge in [0, 0.05) is 30.4 Å². The molecule has 1 unspecified atom stereocenters. The van der Waals surface area contributed by atoms with Crippen LogP contribution in [0.15, 0.2) is 36.0 Å². The Bertz CT molecular complexity index is 699. The van der Waals surface area contributed by atoms with Gasteiger partial charge in [0.25, 0.3) is 5.91 Å². The highest BCUT2D eigenvalue weighted by Gasteiger charge is 2.27. The number of aromatic nitrogens is 2. The number of dihydropyridines is 1. The van der Waals surface area contributed by atoms with Crippen LogP contribution in [0.25, 0.3) is 0 Å². The number of amides is 2. The van der Waals surface area contributed by atoms with Crippen molar-refractivity contribution in [3.63, 3.8) is 0 Å². The van der Waals surface area contributed by atoms with E-state index in [0.717, 1.165) is 5.56 Å². The molecule has 8 heteroatoms. The van der Waals surface area contributed by atoms with E-state index in [0.29, 0.717) is 12.3 Å². The number of ether oxygens (including phenoxy) is 1. The molecular formula is C18H27N5O3. The fourth-order valence-corrected chi connectivity index (χ4v) is 2.32. The summed E-state index contributed by atoms with van der Waals surface area (Å²) in [5.41, 5.74) is 0.682. The fraction of sp³-hybridized carbons (Fsp3) is 0.500. The number of H-pyrrole nitrogens is 1. The first-order valence-electron chi connectivity index (χ1n) is 8.59. The maximum Gasteiger partial charge on any atom is 0.267 e. The third-order valence-electron chi connectivity index (χ3n) is 3.32. The highest BCUT2D eigenvalue weighted by Crippen LogP contribution is 2.19. The van der Waals surface area contributed by atoms with Crippen LogP contribution in [0.5, 0.6) is 0 Å². The maximum atomic E-state index is 12.5. The van der Waals surface area contributed by atoms with Crippen molar-refractivity contribution >= 4 is 11.8 Å². The summed E-state index contributed by atoms with van der Waals surface area (Å²) in [7, 11) is 0. The Labute approximate surface area is 153 Å². The number of allylic oxidation sites excluding steroid dienone is 1. The molecule has 1 aliphatic heterocycles. The zero-order valence-electron chi connectivity index (χ0n) is 15.8. The Morgan fingerprint density at radius 1 is 1.35 bits per heavy atom. The van der Waals surface area contributed by atoms with Gasteiger partial charge in [0.05, 0.1) is 6.20 Å². The lowest BCUT2D eigenvalue weighted by atomic mass is 10.1. The molecule has 26 heavy (non-hydrogen) atoms. The van der Waals surface area contributed by atoms with E-state index in [4.69, 9.17) is 4.74 Å². The van der Waals surface area contributed by atoms with E-state index in [2.05, 4.69) is 26.1 Å². The first-order valence-corrected chi connectivity index (χ1v) is 8.59. The molecule has 0 fully saturated rings. The molecule has 1 aromatic rings. The van der Waals surface area contributed by atoms with Gasteiger partial charge in [-0.25, -0.2) is 0 Å². The lowest BCUT2D eigenvalue weighted by Crippen LogP contribution is -2.48. The monoisotopic (exact) mass is 361 g/mol. The molecular weight excluding hydrogens is 334 g/mol. The lowest BCUT2D eigenvalue weighted by Gasteiger charge is -2.28. The third kappa shape index (κ3) is 5.94. The van der Waals surface area contributed by atoms with Gasteiger partial charge in [0.1, 0.15) is 23.1 Å². The second-order valence-electron chi connectivity index (χ2n) is 7.42. The van der Waals surface area contributed by atoms with Crippen LogP contribution in [-0.2, 0) is 20.9 Å². The number of nitrogens with one attached hydrogen (secondary N) is 4. The highest BCUT2D eigenvalue weighted by atomic mass is 16.5. The van der Waals surface area contributed by atoms with Crippen molar-refractivity contribution in [3.8, 4) is 0 Å². The van der Waals surface area contributed by atoms with Crippen LogP contribution in [0.1, 0.15) is 40.2 Å². The SMILES string of the molecule is CC(C)NC(=O)C1C=C(OC(C)(C)C)C=C(C(=O)NCc2cn[nH]c2)N1. The van der Waals surface area contributed by atoms with E-state index < -0.39 is 11.6 Å². The number of nitrogens with zero attached hydrogens (tertiary/aromatic N) is 1. The van der Waals surface area contributed by atoms with Crippen molar-refractivity contribution in [2.24, 2.45) is 0 Å². The van der Waals surface area contributed by atoms with Crippen LogP contribution >= 0.6 is 0 Å². The molecule has 0 bridgehead atoms. The molecule has 0 aliphatic carbocycles. The summed E-state index contributed by atoms with van der Waals surface area (Å²) in [6, 6.07) is -0.691. The van der Waals surface area contributed by atoms with E-state index in [1.54, 1.807) is 24.5 Å². The van der Waals surface area contributed by atoms with E-state index in [9.17, 15) is 9.59 Å². The summed E-state index contributed by atoms with van der Waals surface area (Å²) in [4.78, 5) is 24.9. The van der Waals surface area contributed by atoms with Gasteiger partial charge in [0.15, 0.2) is 0 Å². The van der Waals surface area contributed by atoms with Crippen molar-refractivity contribution in [2.75, 3.05) is 0 Å². The topological polar surface area (TPSA) is 108 Å². The molecule has 2 heterocycles. The van der Waals surface area contributed by atoms with Crippen molar-refractivity contribution in [1.29, 1.82) is 0 Å². The molecule has 142 valence electrons.